The summed E-state index contributed by atoms with van der Waals surface area (Å²) in [4.78, 5) is 27.6. The summed E-state index contributed by atoms with van der Waals surface area (Å²) in [5.74, 6) is -0.855. The van der Waals surface area contributed by atoms with Gasteiger partial charge in [0.05, 0.1) is 12.8 Å². The van der Waals surface area contributed by atoms with Gasteiger partial charge in [0.25, 0.3) is 0 Å². The minimum Gasteiger partial charge on any atom is -0.350 e. The molecule has 1 saturated heterocycles. The molecule has 7 nitrogen and oxygen atoms in total. The van der Waals surface area contributed by atoms with Gasteiger partial charge in [-0.25, -0.2) is 8.42 Å². The van der Waals surface area contributed by atoms with E-state index in [9.17, 15) is 18.0 Å². The van der Waals surface area contributed by atoms with Gasteiger partial charge in [0.1, 0.15) is 5.54 Å². The number of rotatable bonds is 5. The standard InChI is InChI=1S/C21H25N3O4S/c1-16-9-11-18(12-10-16)24-19(25)14-23(29(3,27)28)15-21(24,2)20(26)22-13-17-7-5-4-6-8-17/h4-12H,13-15H2,1-3H3,(H,22,26)/t21-/m0/s1. The number of carbonyl (C=O) groups excluding carboxylic acids is 2. The predicted molar refractivity (Wildman–Crippen MR) is 112 cm³/mol. The molecule has 3 rings (SSSR count). The Hall–Kier alpha value is -2.71. The van der Waals surface area contributed by atoms with E-state index in [2.05, 4.69) is 5.32 Å². The van der Waals surface area contributed by atoms with E-state index < -0.39 is 27.4 Å². The van der Waals surface area contributed by atoms with Crippen molar-refractivity contribution in [1.82, 2.24) is 9.62 Å². The number of nitrogens with one attached hydrogen (secondary N) is 1. The molecule has 0 saturated carbocycles. The summed E-state index contributed by atoms with van der Waals surface area (Å²) in [6.45, 7) is 3.39. The van der Waals surface area contributed by atoms with Crippen molar-refractivity contribution < 1.29 is 18.0 Å². The van der Waals surface area contributed by atoms with Crippen LogP contribution >= 0.6 is 0 Å². The third-order valence-electron chi connectivity index (χ3n) is 5.09. The van der Waals surface area contributed by atoms with Crippen molar-refractivity contribution in [2.45, 2.75) is 25.9 Å². The van der Waals surface area contributed by atoms with E-state index in [1.165, 1.54) is 4.90 Å². The third-order valence-corrected chi connectivity index (χ3v) is 6.28. The van der Waals surface area contributed by atoms with Crippen LogP contribution in [-0.4, -0.2) is 49.4 Å². The van der Waals surface area contributed by atoms with E-state index in [1.54, 1.807) is 19.1 Å². The average molecular weight is 416 g/mol. The Kier molecular flexibility index (Phi) is 5.77. The lowest BCUT2D eigenvalue weighted by Gasteiger charge is -2.46. The molecule has 1 aliphatic heterocycles. The van der Waals surface area contributed by atoms with E-state index in [-0.39, 0.29) is 19.6 Å². The van der Waals surface area contributed by atoms with Crippen molar-refractivity contribution in [3.63, 3.8) is 0 Å². The Morgan fingerprint density at radius 2 is 1.72 bits per heavy atom. The zero-order chi connectivity index (χ0) is 21.2. The number of hydrogen-bond donors (Lipinski definition) is 1. The second-order valence-electron chi connectivity index (χ2n) is 7.54. The zero-order valence-corrected chi connectivity index (χ0v) is 17.6. The first kappa shape index (κ1) is 21.0. The van der Waals surface area contributed by atoms with Gasteiger partial charge in [-0.05, 0) is 31.5 Å². The first-order chi connectivity index (χ1) is 13.6. The molecule has 0 bridgehead atoms. The number of piperazine rings is 1. The highest BCUT2D eigenvalue weighted by atomic mass is 32.2. The fourth-order valence-electron chi connectivity index (χ4n) is 3.47. The largest absolute Gasteiger partial charge is 0.350 e. The summed E-state index contributed by atoms with van der Waals surface area (Å²) in [6, 6.07) is 16.6. The molecule has 0 radical (unpaired) electrons. The lowest BCUT2D eigenvalue weighted by Crippen LogP contribution is -2.70. The average Bonchev–Trinajstić information content (AvgIpc) is 2.67. The summed E-state index contributed by atoms with van der Waals surface area (Å²) in [6.07, 6.45) is 1.05. The van der Waals surface area contributed by atoms with Gasteiger partial charge in [-0.2, -0.15) is 4.31 Å². The Morgan fingerprint density at radius 1 is 1.10 bits per heavy atom. The minimum atomic E-state index is -3.64. The number of amides is 2. The second-order valence-corrected chi connectivity index (χ2v) is 9.52. The van der Waals surface area contributed by atoms with Crippen molar-refractivity contribution in [3.05, 3.63) is 65.7 Å². The second kappa shape index (κ2) is 7.96. The molecule has 1 N–H and O–H groups in total. The molecule has 8 heteroatoms. The predicted octanol–water partition coefficient (Wildman–Crippen LogP) is 1.68. The first-order valence-corrected chi connectivity index (χ1v) is 11.1. The third kappa shape index (κ3) is 4.49. The fourth-order valence-corrected chi connectivity index (χ4v) is 4.30. The number of nitrogens with zero attached hydrogens (tertiary/aromatic N) is 2. The van der Waals surface area contributed by atoms with Crippen LogP contribution in [0.1, 0.15) is 18.1 Å². The van der Waals surface area contributed by atoms with Crippen molar-refractivity contribution in [3.8, 4) is 0 Å². The summed E-state index contributed by atoms with van der Waals surface area (Å²) >= 11 is 0. The Balaban J connectivity index is 1.95. The molecule has 0 aromatic heterocycles. The van der Waals surface area contributed by atoms with Crippen molar-refractivity contribution in [2.75, 3.05) is 24.2 Å². The maximum Gasteiger partial charge on any atom is 0.247 e. The number of sulfonamides is 1. The van der Waals surface area contributed by atoms with Crippen molar-refractivity contribution >= 4 is 27.5 Å². The van der Waals surface area contributed by atoms with E-state index >= 15 is 0 Å². The minimum absolute atomic E-state index is 0.119. The van der Waals surface area contributed by atoms with Crippen molar-refractivity contribution in [1.29, 1.82) is 0 Å². The molecule has 2 amide bonds. The van der Waals surface area contributed by atoms with Gasteiger partial charge in [0, 0.05) is 18.8 Å². The van der Waals surface area contributed by atoms with E-state index in [0.29, 0.717) is 5.69 Å². The molecule has 29 heavy (non-hydrogen) atoms. The number of hydrogen-bond acceptors (Lipinski definition) is 4. The van der Waals surface area contributed by atoms with Crippen LogP contribution < -0.4 is 10.2 Å². The fraction of sp³-hybridized carbons (Fsp3) is 0.333. The zero-order valence-electron chi connectivity index (χ0n) is 16.8. The normalized spacial score (nSPS) is 20.5. The van der Waals surface area contributed by atoms with Gasteiger partial charge < -0.3 is 5.32 Å². The summed E-state index contributed by atoms with van der Waals surface area (Å²) in [5.41, 5.74) is 1.10. The van der Waals surface area contributed by atoms with E-state index in [0.717, 1.165) is 21.7 Å². The van der Waals surface area contributed by atoms with E-state index in [1.807, 2.05) is 49.4 Å². The van der Waals surface area contributed by atoms with Crippen LogP contribution in [0.15, 0.2) is 54.6 Å². The molecular formula is C21H25N3O4S. The molecular weight excluding hydrogens is 390 g/mol. The van der Waals surface area contributed by atoms with Crippen LogP contribution in [-0.2, 0) is 26.2 Å². The Labute approximate surface area is 171 Å². The van der Waals surface area contributed by atoms with Crippen LogP contribution in [0, 0.1) is 6.92 Å². The smallest absolute Gasteiger partial charge is 0.247 e. The lowest BCUT2D eigenvalue weighted by atomic mass is 9.94. The molecule has 1 fully saturated rings. The van der Waals surface area contributed by atoms with Crippen LogP contribution in [0.5, 0.6) is 0 Å². The highest BCUT2D eigenvalue weighted by Crippen LogP contribution is 2.30. The molecule has 0 unspecified atom stereocenters. The number of anilines is 1. The van der Waals surface area contributed by atoms with Gasteiger partial charge >= 0.3 is 0 Å². The molecule has 1 atom stereocenters. The molecule has 154 valence electrons. The van der Waals surface area contributed by atoms with Gasteiger partial charge in [-0.1, -0.05) is 48.0 Å². The van der Waals surface area contributed by atoms with Gasteiger partial charge in [-0.15, -0.1) is 0 Å². The Morgan fingerprint density at radius 3 is 2.31 bits per heavy atom. The maximum absolute atomic E-state index is 13.2. The summed E-state index contributed by atoms with van der Waals surface area (Å²) in [5, 5.41) is 2.86. The molecule has 1 aliphatic rings. The first-order valence-electron chi connectivity index (χ1n) is 9.28. The SMILES string of the molecule is Cc1ccc(N2C(=O)CN(S(C)(=O)=O)C[C@@]2(C)C(=O)NCc2ccccc2)cc1. The van der Waals surface area contributed by atoms with Gasteiger partial charge in [0.15, 0.2) is 0 Å². The quantitative estimate of drug-likeness (QED) is 0.805. The van der Waals surface area contributed by atoms with Crippen LogP contribution in [0.25, 0.3) is 0 Å². The van der Waals surface area contributed by atoms with Crippen LogP contribution in [0.4, 0.5) is 5.69 Å². The maximum atomic E-state index is 13.2. The number of carbonyl (C=O) groups is 2. The van der Waals surface area contributed by atoms with Gasteiger partial charge in [0.2, 0.25) is 21.8 Å². The molecule has 1 heterocycles. The number of benzene rings is 2. The highest BCUT2D eigenvalue weighted by Gasteiger charge is 2.50. The molecule has 0 spiro atoms. The summed E-state index contributed by atoms with van der Waals surface area (Å²) < 4.78 is 25.3. The molecule has 2 aromatic carbocycles. The topological polar surface area (TPSA) is 86.8 Å². The molecule has 2 aromatic rings. The lowest BCUT2D eigenvalue weighted by molar-refractivity contribution is -0.133. The van der Waals surface area contributed by atoms with Crippen LogP contribution in [0.2, 0.25) is 0 Å². The highest BCUT2D eigenvalue weighted by molar-refractivity contribution is 7.88. The molecule has 0 aliphatic carbocycles. The van der Waals surface area contributed by atoms with Gasteiger partial charge in [-0.3, -0.25) is 14.5 Å². The number of aryl methyl sites for hydroxylation is 1. The van der Waals surface area contributed by atoms with Crippen LogP contribution in [0.3, 0.4) is 0 Å². The summed E-state index contributed by atoms with van der Waals surface area (Å²) in [7, 11) is -3.64. The monoisotopic (exact) mass is 415 g/mol. The van der Waals surface area contributed by atoms with E-state index in [4.69, 9.17) is 0 Å². The van der Waals surface area contributed by atoms with Crippen molar-refractivity contribution in [2.24, 2.45) is 0 Å². The Bertz CT molecular complexity index is 1010.